The smallest absolute Gasteiger partial charge is 0.270 e. The highest BCUT2D eigenvalue weighted by atomic mass is 32.2. The van der Waals surface area contributed by atoms with Crippen molar-refractivity contribution in [2.45, 2.75) is 13.8 Å². The van der Waals surface area contributed by atoms with Gasteiger partial charge in [0.15, 0.2) is 15.8 Å². The Morgan fingerprint density at radius 3 is 2.38 bits per heavy atom. The van der Waals surface area contributed by atoms with Gasteiger partial charge in [-0.15, -0.1) is 0 Å². The minimum Gasteiger partial charge on any atom is -0.493 e. The average Bonchev–Trinajstić information content (AvgIpc) is 3.11. The number of azo groups is 1. The molecule has 0 N–H and O–H groups in total. The first-order chi connectivity index (χ1) is 16.4. The van der Waals surface area contributed by atoms with Gasteiger partial charge >= 0.3 is 0 Å². The van der Waals surface area contributed by atoms with Crippen LogP contribution in [0.25, 0.3) is 6.08 Å². The molecule has 34 heavy (non-hydrogen) atoms. The largest absolute Gasteiger partial charge is 0.493 e. The molecule has 1 amide bonds. The maximum atomic E-state index is 13.2. The Labute approximate surface area is 208 Å². The molecule has 0 spiro atoms. The second-order valence-electron chi connectivity index (χ2n) is 7.59. The van der Waals surface area contributed by atoms with Crippen LogP contribution >= 0.6 is 24.0 Å². The summed E-state index contributed by atoms with van der Waals surface area (Å²) < 4.78 is 11.1. The molecule has 4 rings (SSSR count). The SMILES string of the molecule is COc1ccc(/C=C2\SC(=S)N(c3ccc(N=Nc4ccccc4C)cc3C)C2=O)cc1OC. The summed E-state index contributed by atoms with van der Waals surface area (Å²) in [5.74, 6) is 1.06. The van der Waals surface area contributed by atoms with Crippen LogP contribution in [0.4, 0.5) is 17.1 Å². The molecule has 1 fully saturated rings. The van der Waals surface area contributed by atoms with Crippen molar-refractivity contribution in [1.29, 1.82) is 0 Å². The summed E-state index contributed by atoms with van der Waals surface area (Å²) in [6.07, 6.45) is 1.81. The molecule has 6 nitrogen and oxygen atoms in total. The molecule has 1 heterocycles. The number of amides is 1. The molecule has 8 heteroatoms. The Bertz CT molecular complexity index is 1330. The maximum absolute atomic E-state index is 13.2. The highest BCUT2D eigenvalue weighted by molar-refractivity contribution is 8.27. The van der Waals surface area contributed by atoms with Crippen molar-refractivity contribution in [2.24, 2.45) is 10.2 Å². The lowest BCUT2D eigenvalue weighted by Gasteiger charge is -2.17. The summed E-state index contributed by atoms with van der Waals surface area (Å²) in [5.41, 5.74) is 5.01. The summed E-state index contributed by atoms with van der Waals surface area (Å²) in [6.45, 7) is 3.92. The molecular formula is C26H23N3O3S2. The van der Waals surface area contributed by atoms with E-state index in [1.165, 1.54) is 11.8 Å². The van der Waals surface area contributed by atoms with Crippen molar-refractivity contribution < 1.29 is 14.3 Å². The molecule has 172 valence electrons. The first-order valence-corrected chi connectivity index (χ1v) is 11.7. The predicted octanol–water partition coefficient (Wildman–Crippen LogP) is 7.14. The molecule has 1 aliphatic rings. The number of carbonyl (C=O) groups is 1. The fourth-order valence-electron chi connectivity index (χ4n) is 3.51. The number of hydrogen-bond donors (Lipinski definition) is 0. The molecule has 0 aromatic heterocycles. The Balaban J connectivity index is 1.58. The van der Waals surface area contributed by atoms with Crippen LogP contribution < -0.4 is 14.4 Å². The molecule has 0 saturated carbocycles. The van der Waals surface area contributed by atoms with E-state index in [9.17, 15) is 4.79 Å². The Kier molecular flexibility index (Phi) is 7.09. The van der Waals surface area contributed by atoms with Gasteiger partial charge in [0.2, 0.25) is 0 Å². The van der Waals surface area contributed by atoms with Gasteiger partial charge in [-0.2, -0.15) is 10.2 Å². The fourth-order valence-corrected chi connectivity index (χ4v) is 4.79. The molecule has 0 aliphatic carbocycles. The second-order valence-corrected chi connectivity index (χ2v) is 9.26. The van der Waals surface area contributed by atoms with Crippen LogP contribution in [-0.2, 0) is 4.79 Å². The van der Waals surface area contributed by atoms with E-state index in [-0.39, 0.29) is 5.91 Å². The topological polar surface area (TPSA) is 63.5 Å². The minimum absolute atomic E-state index is 0.165. The zero-order chi connectivity index (χ0) is 24.2. The molecule has 3 aromatic rings. The number of methoxy groups -OCH3 is 2. The van der Waals surface area contributed by atoms with Crippen molar-refractivity contribution in [2.75, 3.05) is 19.1 Å². The van der Waals surface area contributed by atoms with Gasteiger partial charge in [-0.1, -0.05) is 48.2 Å². The van der Waals surface area contributed by atoms with E-state index in [0.717, 1.165) is 28.1 Å². The van der Waals surface area contributed by atoms with Crippen molar-refractivity contribution in [3.05, 3.63) is 82.3 Å². The van der Waals surface area contributed by atoms with Gasteiger partial charge < -0.3 is 9.47 Å². The second kappa shape index (κ2) is 10.2. The molecule has 3 aromatic carbocycles. The van der Waals surface area contributed by atoms with Crippen LogP contribution in [0.1, 0.15) is 16.7 Å². The van der Waals surface area contributed by atoms with Crippen molar-refractivity contribution in [3.63, 3.8) is 0 Å². The monoisotopic (exact) mass is 489 g/mol. The summed E-state index contributed by atoms with van der Waals surface area (Å²) >= 11 is 6.82. The predicted molar refractivity (Wildman–Crippen MR) is 142 cm³/mol. The summed E-state index contributed by atoms with van der Waals surface area (Å²) in [7, 11) is 3.16. The lowest BCUT2D eigenvalue weighted by Crippen LogP contribution is -2.28. The number of anilines is 1. The maximum Gasteiger partial charge on any atom is 0.270 e. The van der Waals surface area contributed by atoms with Crippen molar-refractivity contribution >= 4 is 57.3 Å². The first-order valence-electron chi connectivity index (χ1n) is 10.5. The van der Waals surface area contributed by atoms with Gasteiger partial charge in [-0.25, -0.2) is 0 Å². The molecule has 0 bridgehead atoms. The third-order valence-corrected chi connectivity index (χ3v) is 6.61. The molecule has 1 aliphatic heterocycles. The van der Waals surface area contributed by atoms with Crippen molar-refractivity contribution in [3.8, 4) is 11.5 Å². The number of rotatable bonds is 6. The van der Waals surface area contributed by atoms with E-state index in [1.807, 2.05) is 68.4 Å². The van der Waals surface area contributed by atoms with Crippen LogP contribution in [0.5, 0.6) is 11.5 Å². The van der Waals surface area contributed by atoms with E-state index in [0.29, 0.717) is 26.4 Å². The number of hydrogen-bond acceptors (Lipinski definition) is 7. The molecule has 0 unspecified atom stereocenters. The van der Waals surface area contributed by atoms with Crippen LogP contribution in [-0.4, -0.2) is 24.4 Å². The number of benzene rings is 3. The molecular weight excluding hydrogens is 466 g/mol. The van der Waals surface area contributed by atoms with Gasteiger partial charge in [-0.05, 0) is 73.0 Å². The summed E-state index contributed by atoms with van der Waals surface area (Å²) in [6, 6.07) is 18.9. The van der Waals surface area contributed by atoms with Gasteiger partial charge in [0.05, 0.1) is 36.2 Å². The Hall–Kier alpha value is -3.49. The number of aryl methyl sites for hydroxylation is 2. The third-order valence-electron chi connectivity index (χ3n) is 5.31. The standard InChI is InChI=1S/C26H23N3O3S2/c1-16-7-5-6-8-20(16)28-27-19-10-11-21(17(2)13-19)29-25(30)24(34-26(29)33)15-18-9-12-22(31-3)23(14-18)32-4/h5-15H,1-4H3/b24-15-,28-27?. The van der Waals surface area contributed by atoms with Crippen molar-refractivity contribution in [1.82, 2.24) is 0 Å². The zero-order valence-electron chi connectivity index (χ0n) is 19.2. The third kappa shape index (κ3) is 4.88. The summed E-state index contributed by atoms with van der Waals surface area (Å²) in [4.78, 5) is 15.3. The molecule has 1 saturated heterocycles. The Morgan fingerprint density at radius 2 is 1.68 bits per heavy atom. The van der Waals surface area contributed by atoms with E-state index in [4.69, 9.17) is 21.7 Å². The first kappa shape index (κ1) is 23.7. The van der Waals surface area contributed by atoms with Crippen LogP contribution in [0.15, 0.2) is 75.8 Å². The van der Waals surface area contributed by atoms with Gasteiger partial charge in [0, 0.05) is 0 Å². The van der Waals surface area contributed by atoms with Gasteiger partial charge in [0.25, 0.3) is 5.91 Å². The van der Waals surface area contributed by atoms with Gasteiger partial charge in [-0.3, -0.25) is 9.69 Å². The molecule has 0 radical (unpaired) electrons. The van der Waals surface area contributed by atoms with E-state index in [2.05, 4.69) is 10.2 Å². The minimum atomic E-state index is -0.165. The van der Waals surface area contributed by atoms with Crippen LogP contribution in [0.2, 0.25) is 0 Å². The highest BCUT2D eigenvalue weighted by Crippen LogP contribution is 2.39. The highest BCUT2D eigenvalue weighted by Gasteiger charge is 2.34. The average molecular weight is 490 g/mol. The number of thiocarbonyl (C=S) groups is 1. The zero-order valence-corrected chi connectivity index (χ0v) is 20.9. The Morgan fingerprint density at radius 1 is 0.912 bits per heavy atom. The van der Waals surface area contributed by atoms with Crippen LogP contribution in [0, 0.1) is 13.8 Å². The normalized spacial score (nSPS) is 14.9. The lowest BCUT2D eigenvalue weighted by molar-refractivity contribution is -0.113. The van der Waals surface area contributed by atoms with E-state index in [1.54, 1.807) is 31.3 Å². The fraction of sp³-hybridized carbons (Fsp3) is 0.154. The van der Waals surface area contributed by atoms with E-state index < -0.39 is 0 Å². The number of thioether (sulfide) groups is 1. The quantitative estimate of drug-likeness (QED) is 0.209. The lowest BCUT2D eigenvalue weighted by atomic mass is 10.1. The van der Waals surface area contributed by atoms with E-state index >= 15 is 0 Å². The number of nitrogens with zero attached hydrogens (tertiary/aromatic N) is 3. The molecule has 0 atom stereocenters. The van der Waals surface area contributed by atoms with Gasteiger partial charge in [0.1, 0.15) is 0 Å². The number of ether oxygens (including phenoxy) is 2. The van der Waals surface area contributed by atoms with Crippen LogP contribution in [0.3, 0.4) is 0 Å². The number of carbonyl (C=O) groups excluding carboxylic acids is 1. The summed E-state index contributed by atoms with van der Waals surface area (Å²) in [5, 5.41) is 8.70.